The third-order valence-corrected chi connectivity index (χ3v) is 5.24. The highest BCUT2D eigenvalue weighted by Gasteiger charge is 2.06. The van der Waals surface area contributed by atoms with E-state index in [-0.39, 0.29) is 0 Å². The molecule has 0 saturated carbocycles. The molecule has 0 radical (unpaired) electrons. The van der Waals surface area contributed by atoms with Gasteiger partial charge in [-0.25, -0.2) is 15.8 Å². The summed E-state index contributed by atoms with van der Waals surface area (Å²) in [6, 6.07) is 12.1. The van der Waals surface area contributed by atoms with Gasteiger partial charge in [-0.3, -0.25) is 9.98 Å². The minimum absolute atomic E-state index is 0.715. The van der Waals surface area contributed by atoms with E-state index in [4.69, 9.17) is 4.98 Å². The number of rotatable bonds is 5. The molecule has 0 fully saturated rings. The Morgan fingerprint density at radius 2 is 1.42 bits per heavy atom. The van der Waals surface area contributed by atoms with Crippen LogP contribution in [0, 0.1) is 0 Å². The predicted octanol–water partition coefficient (Wildman–Crippen LogP) is 1.55. The van der Waals surface area contributed by atoms with Gasteiger partial charge in [-0.15, -0.1) is 0 Å². The Morgan fingerprint density at radius 3 is 2.06 bits per heavy atom. The number of hydrogen-bond donors (Lipinski definition) is 4. The van der Waals surface area contributed by atoms with Crippen LogP contribution in [0.5, 0.6) is 0 Å². The zero-order chi connectivity index (χ0) is 22.3. The Kier molecular flexibility index (Phi) is 6.23. The zero-order valence-electron chi connectivity index (χ0n) is 18.2. The molecule has 10 nitrogen and oxygen atoms in total. The molecule has 0 bridgehead atoms. The van der Waals surface area contributed by atoms with E-state index in [0.717, 1.165) is 73.0 Å². The Bertz CT molecular complexity index is 1220. The highest BCUT2D eigenvalue weighted by atomic mass is 15.4. The molecular formula is C23H26N10. The largest absolute Gasteiger partial charge is 0.355 e. The van der Waals surface area contributed by atoms with Crippen LogP contribution in [0.15, 0.2) is 69.0 Å². The molecule has 0 saturated heterocycles. The molecule has 2 aliphatic rings. The Balaban J connectivity index is 1.23. The van der Waals surface area contributed by atoms with Gasteiger partial charge < -0.3 is 15.0 Å². The van der Waals surface area contributed by atoms with Crippen LogP contribution in [0.4, 0.5) is 0 Å². The summed E-state index contributed by atoms with van der Waals surface area (Å²) >= 11 is 0. The number of hydrazone groups is 2. The van der Waals surface area contributed by atoms with Gasteiger partial charge in [0.05, 0.1) is 18.1 Å². The van der Waals surface area contributed by atoms with E-state index >= 15 is 0 Å². The second-order valence-corrected chi connectivity index (χ2v) is 7.74. The van der Waals surface area contributed by atoms with Gasteiger partial charge in [-0.2, -0.15) is 10.2 Å². The molecule has 4 N–H and O–H groups in total. The first-order valence-electron chi connectivity index (χ1n) is 11.1. The Labute approximate surface area is 191 Å². The molecule has 4 heterocycles. The first kappa shape index (κ1) is 20.7. The molecule has 2 aliphatic heterocycles. The van der Waals surface area contributed by atoms with E-state index in [1.54, 1.807) is 12.4 Å². The molecule has 33 heavy (non-hydrogen) atoms. The van der Waals surface area contributed by atoms with Crippen LogP contribution in [0.2, 0.25) is 0 Å². The fraction of sp³-hybridized carbons (Fsp3) is 0.261. The highest BCUT2D eigenvalue weighted by molar-refractivity contribution is 5.85. The van der Waals surface area contributed by atoms with Gasteiger partial charge >= 0.3 is 0 Å². The smallest absolute Gasteiger partial charge is 0.212 e. The minimum atomic E-state index is 0.715. The minimum Gasteiger partial charge on any atom is -0.355 e. The first-order chi connectivity index (χ1) is 16.3. The number of hydrogen-bond acceptors (Lipinski definition) is 9. The van der Waals surface area contributed by atoms with Gasteiger partial charge in [-0.05, 0) is 30.5 Å². The summed E-state index contributed by atoms with van der Waals surface area (Å²) in [5.41, 5.74) is 10.7. The summed E-state index contributed by atoms with van der Waals surface area (Å²) < 4.78 is 2.00. The van der Waals surface area contributed by atoms with E-state index < -0.39 is 0 Å². The summed E-state index contributed by atoms with van der Waals surface area (Å²) in [6.07, 6.45) is 9.68. The Morgan fingerprint density at radius 1 is 0.788 bits per heavy atom. The first-order valence-corrected chi connectivity index (χ1v) is 11.1. The maximum atomic E-state index is 4.73. The number of aromatic nitrogens is 2. The Hall–Kier alpha value is -4.21. The number of guanidine groups is 2. The normalized spacial score (nSPS) is 16.4. The molecule has 3 aromatic rings. The summed E-state index contributed by atoms with van der Waals surface area (Å²) in [6.45, 7) is 3.50. The van der Waals surface area contributed by atoms with Crippen LogP contribution in [-0.4, -0.2) is 59.9 Å². The van der Waals surface area contributed by atoms with Crippen LogP contribution < -0.4 is 21.5 Å². The fourth-order valence-electron chi connectivity index (χ4n) is 3.52. The summed E-state index contributed by atoms with van der Waals surface area (Å²) in [5.74, 6) is 1.44. The average Bonchev–Trinajstić information content (AvgIpc) is 3.29. The summed E-state index contributed by atoms with van der Waals surface area (Å²) in [4.78, 5) is 13.4. The number of imidazole rings is 1. The number of pyridine rings is 1. The lowest BCUT2D eigenvalue weighted by Gasteiger charge is -2.12. The SMILES string of the molecule is C(=NNC1=NCCCN1)c1ccc(-c2cn3cc(C=NNC4=NCCCN4)ccc3n2)cc1. The summed E-state index contributed by atoms with van der Waals surface area (Å²) in [5, 5.41) is 14.9. The highest BCUT2D eigenvalue weighted by Crippen LogP contribution is 2.19. The van der Waals surface area contributed by atoms with Gasteiger partial charge in [0, 0.05) is 49.7 Å². The maximum absolute atomic E-state index is 4.73. The third kappa shape index (κ3) is 5.35. The number of aliphatic imine (C=N–C) groups is 2. The number of nitrogens with one attached hydrogen (secondary N) is 4. The molecule has 1 aromatic carbocycles. The van der Waals surface area contributed by atoms with E-state index in [0.29, 0.717) is 5.96 Å². The van der Waals surface area contributed by atoms with Crippen molar-refractivity contribution < 1.29 is 0 Å². The number of benzene rings is 1. The monoisotopic (exact) mass is 442 g/mol. The number of fused-ring (bicyclic) bond motifs is 1. The lowest BCUT2D eigenvalue weighted by molar-refractivity contribution is 0.712. The van der Waals surface area contributed by atoms with Crippen molar-refractivity contribution in [2.75, 3.05) is 26.2 Å². The van der Waals surface area contributed by atoms with Crippen molar-refractivity contribution in [2.24, 2.45) is 20.2 Å². The second-order valence-electron chi connectivity index (χ2n) is 7.74. The molecule has 0 spiro atoms. The van der Waals surface area contributed by atoms with Crippen molar-refractivity contribution in [2.45, 2.75) is 12.8 Å². The zero-order valence-corrected chi connectivity index (χ0v) is 18.2. The van der Waals surface area contributed by atoms with Crippen molar-refractivity contribution >= 4 is 30.0 Å². The molecule has 2 aromatic heterocycles. The fourth-order valence-corrected chi connectivity index (χ4v) is 3.52. The van der Waals surface area contributed by atoms with Crippen molar-refractivity contribution in [3.8, 4) is 11.3 Å². The lowest BCUT2D eigenvalue weighted by Crippen LogP contribution is -2.38. The number of nitrogens with zero attached hydrogens (tertiary/aromatic N) is 6. The molecule has 0 atom stereocenters. The van der Waals surface area contributed by atoms with Crippen molar-refractivity contribution in [1.29, 1.82) is 0 Å². The van der Waals surface area contributed by atoms with Gasteiger partial charge in [0.15, 0.2) is 0 Å². The molecule has 5 rings (SSSR count). The summed E-state index contributed by atoms with van der Waals surface area (Å²) in [7, 11) is 0. The molecule has 0 aliphatic carbocycles. The third-order valence-electron chi connectivity index (χ3n) is 5.24. The van der Waals surface area contributed by atoms with E-state index in [2.05, 4.69) is 41.7 Å². The van der Waals surface area contributed by atoms with E-state index in [9.17, 15) is 0 Å². The lowest BCUT2D eigenvalue weighted by atomic mass is 10.1. The van der Waals surface area contributed by atoms with Gasteiger partial charge in [0.1, 0.15) is 5.65 Å². The van der Waals surface area contributed by atoms with Crippen molar-refractivity contribution in [3.05, 3.63) is 59.9 Å². The quantitative estimate of drug-likeness (QED) is 0.354. The van der Waals surface area contributed by atoms with Crippen LogP contribution in [-0.2, 0) is 0 Å². The average molecular weight is 443 g/mol. The molecular weight excluding hydrogens is 416 g/mol. The molecule has 168 valence electrons. The van der Waals surface area contributed by atoms with Crippen molar-refractivity contribution in [1.82, 2.24) is 30.9 Å². The van der Waals surface area contributed by atoms with Gasteiger partial charge in [0.25, 0.3) is 0 Å². The van der Waals surface area contributed by atoms with Crippen LogP contribution >= 0.6 is 0 Å². The van der Waals surface area contributed by atoms with Gasteiger partial charge in [0.2, 0.25) is 11.9 Å². The van der Waals surface area contributed by atoms with E-state index in [1.807, 2.05) is 53.2 Å². The van der Waals surface area contributed by atoms with Crippen LogP contribution in [0.25, 0.3) is 16.9 Å². The second kappa shape index (κ2) is 9.94. The topological polar surface area (TPSA) is 115 Å². The molecule has 0 unspecified atom stereocenters. The molecule has 0 amide bonds. The van der Waals surface area contributed by atoms with Crippen molar-refractivity contribution in [3.63, 3.8) is 0 Å². The van der Waals surface area contributed by atoms with Crippen LogP contribution in [0.1, 0.15) is 24.0 Å². The maximum Gasteiger partial charge on any atom is 0.212 e. The van der Waals surface area contributed by atoms with Crippen LogP contribution in [0.3, 0.4) is 0 Å². The van der Waals surface area contributed by atoms with E-state index in [1.165, 1.54) is 0 Å². The molecule has 10 heteroatoms. The standard InChI is InChI=1S/C23H26N10/c1-9-24-22(25-10-1)31-28-13-17-3-6-19(7-4-17)20-16-33-15-18(5-8-21(33)30-20)14-29-32-23-26-11-2-12-27-23/h3-8,13-16H,1-2,9-12H2,(H2,24,25,31)(H2,26,27,32). The van der Waals surface area contributed by atoms with Gasteiger partial charge in [-0.1, -0.05) is 24.3 Å². The predicted molar refractivity (Wildman–Crippen MR) is 132 cm³/mol.